The summed E-state index contributed by atoms with van der Waals surface area (Å²) < 4.78 is 0. The molecule has 2 N–H and O–H groups in total. The number of hydrogen-bond donors (Lipinski definition) is 2. The van der Waals surface area contributed by atoms with Gasteiger partial charge >= 0.3 is 0 Å². The minimum Gasteiger partial charge on any atom is -0.372 e. The average Bonchev–Trinajstić information content (AvgIpc) is 2.70. The largest absolute Gasteiger partial charge is 0.372 e. The van der Waals surface area contributed by atoms with Crippen molar-refractivity contribution in [3.63, 3.8) is 0 Å². The molecule has 0 bridgehead atoms. The van der Waals surface area contributed by atoms with Crippen LogP contribution < -0.4 is 15.5 Å². The Morgan fingerprint density at radius 3 is 2.25 bits per heavy atom. The topological polar surface area (TPSA) is 70.2 Å². The molecule has 0 aliphatic heterocycles. The molecule has 144 valence electrons. The van der Waals surface area contributed by atoms with Crippen LogP contribution in [0, 0.1) is 6.92 Å². The van der Waals surface area contributed by atoms with Gasteiger partial charge in [0.25, 0.3) is 5.91 Å². The highest BCUT2D eigenvalue weighted by atomic mass is 16.1. The maximum absolute atomic E-state index is 12.7. The number of aromatic nitrogens is 2. The lowest BCUT2D eigenvalue weighted by Gasteiger charge is -2.21. The van der Waals surface area contributed by atoms with Gasteiger partial charge in [0.2, 0.25) is 0 Å². The molecule has 6 nitrogen and oxygen atoms in total. The molecule has 0 saturated heterocycles. The van der Waals surface area contributed by atoms with Crippen LogP contribution in [0.25, 0.3) is 0 Å². The number of para-hydroxylation sites is 1. The first-order chi connectivity index (χ1) is 13.6. The molecule has 0 atom stereocenters. The zero-order chi connectivity index (χ0) is 19.9. The number of aryl methyl sites for hydroxylation is 1. The first kappa shape index (κ1) is 19.4. The van der Waals surface area contributed by atoms with Crippen LogP contribution in [0.1, 0.15) is 30.2 Å². The Labute approximate surface area is 165 Å². The SMILES string of the molecule is CCN(CC)c1ccc(NC(=O)c2cc(Nc3ccccc3)nc(C)n2)cc1. The first-order valence-electron chi connectivity index (χ1n) is 9.43. The highest BCUT2D eigenvalue weighted by Gasteiger charge is 2.12. The molecule has 2 aromatic carbocycles. The molecule has 6 heteroatoms. The quantitative estimate of drug-likeness (QED) is 0.630. The van der Waals surface area contributed by atoms with E-state index in [0.717, 1.165) is 30.2 Å². The lowest BCUT2D eigenvalue weighted by molar-refractivity contribution is 0.102. The van der Waals surface area contributed by atoms with E-state index in [-0.39, 0.29) is 5.91 Å². The highest BCUT2D eigenvalue weighted by molar-refractivity contribution is 6.03. The number of nitrogens with one attached hydrogen (secondary N) is 2. The summed E-state index contributed by atoms with van der Waals surface area (Å²) in [5, 5.41) is 6.10. The standard InChI is InChI=1S/C22H25N5O/c1-4-27(5-2)19-13-11-18(12-14-19)26-22(28)20-15-21(24-16(3)23-20)25-17-9-7-6-8-10-17/h6-15H,4-5H2,1-3H3,(H,26,28)(H,23,24,25). The average molecular weight is 375 g/mol. The number of carbonyl (C=O) groups is 1. The molecule has 1 amide bonds. The van der Waals surface area contributed by atoms with E-state index in [0.29, 0.717) is 17.3 Å². The van der Waals surface area contributed by atoms with Crippen LogP contribution >= 0.6 is 0 Å². The van der Waals surface area contributed by atoms with Crippen molar-refractivity contribution in [2.24, 2.45) is 0 Å². The van der Waals surface area contributed by atoms with Gasteiger partial charge in [0.15, 0.2) is 0 Å². The molecule has 0 aliphatic rings. The van der Waals surface area contributed by atoms with E-state index >= 15 is 0 Å². The highest BCUT2D eigenvalue weighted by Crippen LogP contribution is 2.19. The summed E-state index contributed by atoms with van der Waals surface area (Å²) in [4.78, 5) is 23.5. The van der Waals surface area contributed by atoms with Crippen LogP contribution in [-0.2, 0) is 0 Å². The van der Waals surface area contributed by atoms with Crippen LogP contribution in [0.2, 0.25) is 0 Å². The zero-order valence-electron chi connectivity index (χ0n) is 16.4. The van der Waals surface area contributed by atoms with Gasteiger partial charge < -0.3 is 15.5 Å². The lowest BCUT2D eigenvalue weighted by atomic mass is 10.2. The molecule has 0 aliphatic carbocycles. The van der Waals surface area contributed by atoms with Crippen molar-refractivity contribution in [1.29, 1.82) is 0 Å². The Kier molecular flexibility index (Phi) is 6.22. The summed E-state index contributed by atoms with van der Waals surface area (Å²) in [6.07, 6.45) is 0. The van der Waals surface area contributed by atoms with Crippen molar-refractivity contribution >= 4 is 28.8 Å². The van der Waals surface area contributed by atoms with Gasteiger partial charge in [0.1, 0.15) is 17.3 Å². The van der Waals surface area contributed by atoms with Gasteiger partial charge in [0, 0.05) is 36.2 Å². The summed E-state index contributed by atoms with van der Waals surface area (Å²) in [5.41, 5.74) is 3.09. The smallest absolute Gasteiger partial charge is 0.274 e. The van der Waals surface area contributed by atoms with Crippen molar-refractivity contribution in [1.82, 2.24) is 9.97 Å². The van der Waals surface area contributed by atoms with Crippen LogP contribution in [0.5, 0.6) is 0 Å². The predicted octanol–water partition coefficient (Wildman–Crippen LogP) is 4.63. The molecule has 28 heavy (non-hydrogen) atoms. The summed E-state index contributed by atoms with van der Waals surface area (Å²) in [6.45, 7) is 7.90. The number of nitrogens with zero attached hydrogens (tertiary/aromatic N) is 3. The normalized spacial score (nSPS) is 10.4. The minimum absolute atomic E-state index is 0.266. The van der Waals surface area contributed by atoms with Gasteiger partial charge in [-0.1, -0.05) is 18.2 Å². The third-order valence-electron chi connectivity index (χ3n) is 4.37. The molecule has 0 spiro atoms. The summed E-state index contributed by atoms with van der Waals surface area (Å²) in [5.74, 6) is 0.848. The summed E-state index contributed by atoms with van der Waals surface area (Å²) >= 11 is 0. The molecular weight excluding hydrogens is 350 g/mol. The Morgan fingerprint density at radius 2 is 1.61 bits per heavy atom. The van der Waals surface area contributed by atoms with Crippen LogP contribution in [0.3, 0.4) is 0 Å². The second-order valence-corrected chi connectivity index (χ2v) is 6.35. The van der Waals surface area contributed by atoms with E-state index in [1.165, 1.54) is 0 Å². The maximum atomic E-state index is 12.7. The predicted molar refractivity (Wildman–Crippen MR) is 114 cm³/mol. The van der Waals surface area contributed by atoms with Crippen molar-refractivity contribution in [3.05, 3.63) is 72.2 Å². The monoisotopic (exact) mass is 375 g/mol. The fourth-order valence-corrected chi connectivity index (χ4v) is 2.96. The molecule has 3 aromatic rings. The fourth-order valence-electron chi connectivity index (χ4n) is 2.96. The van der Waals surface area contributed by atoms with E-state index in [1.807, 2.05) is 54.6 Å². The molecule has 0 radical (unpaired) electrons. The third kappa shape index (κ3) is 4.85. The Bertz CT molecular complexity index is 921. The van der Waals surface area contributed by atoms with Gasteiger partial charge in [-0.05, 0) is 57.2 Å². The Morgan fingerprint density at radius 1 is 0.929 bits per heavy atom. The van der Waals surface area contributed by atoms with Gasteiger partial charge in [-0.3, -0.25) is 4.79 Å². The molecule has 0 unspecified atom stereocenters. The summed E-state index contributed by atoms with van der Waals surface area (Å²) in [6, 6.07) is 19.2. The Hall–Kier alpha value is -3.41. The number of amides is 1. The van der Waals surface area contributed by atoms with E-state index < -0.39 is 0 Å². The Balaban J connectivity index is 1.73. The number of rotatable bonds is 7. The second kappa shape index (κ2) is 8.99. The summed E-state index contributed by atoms with van der Waals surface area (Å²) in [7, 11) is 0. The second-order valence-electron chi connectivity index (χ2n) is 6.35. The maximum Gasteiger partial charge on any atom is 0.274 e. The molecule has 1 heterocycles. The molecule has 3 rings (SSSR count). The number of carbonyl (C=O) groups excluding carboxylic acids is 1. The number of benzene rings is 2. The van der Waals surface area contributed by atoms with Gasteiger partial charge in [-0.25, -0.2) is 9.97 Å². The van der Waals surface area contributed by atoms with Crippen LogP contribution in [0.4, 0.5) is 22.9 Å². The van der Waals surface area contributed by atoms with E-state index in [2.05, 4.69) is 39.3 Å². The number of hydrogen-bond acceptors (Lipinski definition) is 5. The van der Waals surface area contributed by atoms with Crippen molar-refractivity contribution in [3.8, 4) is 0 Å². The van der Waals surface area contributed by atoms with Gasteiger partial charge in [-0.15, -0.1) is 0 Å². The zero-order valence-corrected chi connectivity index (χ0v) is 16.4. The van der Waals surface area contributed by atoms with E-state index in [1.54, 1.807) is 13.0 Å². The van der Waals surface area contributed by atoms with Crippen molar-refractivity contribution < 1.29 is 4.79 Å². The third-order valence-corrected chi connectivity index (χ3v) is 4.37. The van der Waals surface area contributed by atoms with E-state index in [4.69, 9.17) is 0 Å². The minimum atomic E-state index is -0.266. The fraction of sp³-hybridized carbons (Fsp3) is 0.227. The number of anilines is 4. The van der Waals surface area contributed by atoms with Crippen LogP contribution in [-0.4, -0.2) is 29.0 Å². The molecule has 1 aromatic heterocycles. The first-order valence-corrected chi connectivity index (χ1v) is 9.43. The van der Waals surface area contributed by atoms with Gasteiger partial charge in [0.05, 0.1) is 0 Å². The molecule has 0 fully saturated rings. The van der Waals surface area contributed by atoms with Crippen molar-refractivity contribution in [2.75, 3.05) is 28.6 Å². The lowest BCUT2D eigenvalue weighted by Crippen LogP contribution is -2.21. The molecule has 0 saturated carbocycles. The van der Waals surface area contributed by atoms with E-state index in [9.17, 15) is 4.79 Å². The van der Waals surface area contributed by atoms with Crippen molar-refractivity contribution in [2.45, 2.75) is 20.8 Å². The van der Waals surface area contributed by atoms with Crippen LogP contribution in [0.15, 0.2) is 60.7 Å². The van der Waals surface area contributed by atoms with Gasteiger partial charge in [-0.2, -0.15) is 0 Å². The molecular formula is C22H25N5O.